The van der Waals surface area contributed by atoms with Crippen LogP contribution in [0.5, 0.6) is 0 Å². The highest BCUT2D eigenvalue weighted by atomic mass is 35.5. The van der Waals surface area contributed by atoms with Gasteiger partial charge in [-0.05, 0) is 30.3 Å². The Hall–Kier alpha value is -2.47. The molecule has 1 fully saturated rings. The molecule has 0 aliphatic carbocycles. The summed E-state index contributed by atoms with van der Waals surface area (Å²) in [7, 11) is 2.03. The van der Waals surface area contributed by atoms with Crippen molar-refractivity contribution in [2.75, 3.05) is 61.0 Å². The topological polar surface area (TPSA) is 42.9 Å². The van der Waals surface area contributed by atoms with Crippen LogP contribution in [0.2, 0.25) is 5.02 Å². The van der Waals surface area contributed by atoms with Crippen LogP contribution in [0.4, 0.5) is 22.0 Å². The van der Waals surface area contributed by atoms with Crippen molar-refractivity contribution in [2.45, 2.75) is 0 Å². The van der Waals surface area contributed by atoms with Gasteiger partial charge in [-0.3, -0.25) is 4.90 Å². The molecule has 0 saturated carbocycles. The molecule has 1 aromatic heterocycles. The molecule has 1 aromatic carbocycles. The summed E-state index contributed by atoms with van der Waals surface area (Å²) in [5.41, 5.74) is 1.93. The van der Waals surface area contributed by atoms with Crippen molar-refractivity contribution in [1.29, 1.82) is 0 Å². The smallest absolute Gasteiger partial charge is 0.324 e. The summed E-state index contributed by atoms with van der Waals surface area (Å²) in [6, 6.07) is 11.7. The quantitative estimate of drug-likeness (QED) is 0.773. The molecule has 4 rings (SSSR count). The fraction of sp³-hybridized carbons (Fsp3) is 0.368. The summed E-state index contributed by atoms with van der Waals surface area (Å²) in [6.07, 6.45) is 1.80. The number of carbonyl (C=O) groups is 1. The molecule has 7 heteroatoms. The largest absolute Gasteiger partial charge is 0.371 e. The van der Waals surface area contributed by atoms with Crippen LogP contribution in [-0.4, -0.2) is 62.2 Å². The Morgan fingerprint density at radius 1 is 1.00 bits per heavy atom. The number of piperazine rings is 1. The van der Waals surface area contributed by atoms with E-state index in [-0.39, 0.29) is 6.03 Å². The normalized spacial score (nSPS) is 17.3. The molecule has 3 heterocycles. The van der Waals surface area contributed by atoms with Crippen LogP contribution in [-0.2, 0) is 0 Å². The highest BCUT2D eigenvalue weighted by Gasteiger charge is 2.30. The average Bonchev–Trinajstić information content (AvgIpc) is 2.69. The molecule has 0 radical (unpaired) electrons. The highest BCUT2D eigenvalue weighted by Crippen LogP contribution is 2.35. The first-order chi connectivity index (χ1) is 12.6. The van der Waals surface area contributed by atoms with Crippen LogP contribution in [0.15, 0.2) is 42.6 Å². The Balaban J connectivity index is 1.47. The number of fused-ring (bicyclic) bond motifs is 1. The number of anilines is 3. The van der Waals surface area contributed by atoms with Crippen LogP contribution in [0.3, 0.4) is 0 Å². The van der Waals surface area contributed by atoms with Crippen molar-refractivity contribution in [2.24, 2.45) is 0 Å². The van der Waals surface area contributed by atoms with Gasteiger partial charge in [-0.15, -0.1) is 0 Å². The van der Waals surface area contributed by atoms with Gasteiger partial charge in [0.25, 0.3) is 0 Å². The number of carbonyl (C=O) groups excluding carboxylic acids is 1. The SMILES string of the molecule is CN1CCN(C(=O)N2CCN(c3ccccn3)CC2)c2ccc(Cl)cc21. The Labute approximate surface area is 158 Å². The maximum Gasteiger partial charge on any atom is 0.324 e. The molecular weight excluding hydrogens is 350 g/mol. The van der Waals surface area contributed by atoms with Crippen molar-refractivity contribution >= 4 is 34.8 Å². The van der Waals surface area contributed by atoms with Gasteiger partial charge in [0, 0.05) is 57.5 Å². The van der Waals surface area contributed by atoms with Gasteiger partial charge in [-0.1, -0.05) is 17.7 Å². The zero-order chi connectivity index (χ0) is 18.1. The van der Waals surface area contributed by atoms with Gasteiger partial charge < -0.3 is 14.7 Å². The molecule has 0 unspecified atom stereocenters. The van der Waals surface area contributed by atoms with E-state index in [2.05, 4.69) is 14.8 Å². The molecule has 0 atom stereocenters. The number of rotatable bonds is 1. The number of hydrogen-bond acceptors (Lipinski definition) is 4. The molecule has 26 heavy (non-hydrogen) atoms. The highest BCUT2D eigenvalue weighted by molar-refractivity contribution is 6.31. The molecule has 2 aromatic rings. The van der Waals surface area contributed by atoms with Gasteiger partial charge in [0.1, 0.15) is 5.82 Å². The Bertz CT molecular complexity index is 792. The van der Waals surface area contributed by atoms with Gasteiger partial charge in [0.15, 0.2) is 0 Å². The third kappa shape index (κ3) is 3.17. The van der Waals surface area contributed by atoms with Gasteiger partial charge in [-0.2, -0.15) is 0 Å². The zero-order valence-corrected chi connectivity index (χ0v) is 15.6. The first-order valence-electron chi connectivity index (χ1n) is 8.86. The minimum atomic E-state index is 0.0716. The Kier molecular flexibility index (Phi) is 4.59. The Morgan fingerprint density at radius 2 is 1.81 bits per heavy atom. The second-order valence-electron chi connectivity index (χ2n) is 6.65. The van der Waals surface area contributed by atoms with E-state index >= 15 is 0 Å². The summed E-state index contributed by atoms with van der Waals surface area (Å²) in [5, 5.41) is 0.689. The number of benzene rings is 1. The first kappa shape index (κ1) is 17.0. The van der Waals surface area contributed by atoms with E-state index in [1.165, 1.54) is 0 Å². The van der Waals surface area contributed by atoms with Crippen LogP contribution in [0, 0.1) is 0 Å². The van der Waals surface area contributed by atoms with Crippen molar-refractivity contribution in [3.8, 4) is 0 Å². The molecule has 2 aliphatic heterocycles. The number of nitrogens with zero attached hydrogens (tertiary/aromatic N) is 5. The standard InChI is InChI=1S/C19H22ClN5O/c1-22-8-13-25(16-6-5-15(20)14-17(16)22)19(26)24-11-9-23(10-12-24)18-4-2-3-7-21-18/h2-7,14H,8-13H2,1H3. The molecule has 136 valence electrons. The lowest BCUT2D eigenvalue weighted by atomic mass is 10.2. The lowest BCUT2D eigenvalue weighted by Crippen LogP contribution is -2.55. The molecule has 2 amide bonds. The number of amides is 2. The number of urea groups is 1. The lowest BCUT2D eigenvalue weighted by Gasteiger charge is -2.41. The fourth-order valence-electron chi connectivity index (χ4n) is 3.56. The Morgan fingerprint density at radius 3 is 2.54 bits per heavy atom. The summed E-state index contributed by atoms with van der Waals surface area (Å²) >= 11 is 6.14. The number of likely N-dealkylation sites (N-methyl/N-ethyl adjacent to an activating group) is 1. The monoisotopic (exact) mass is 371 g/mol. The third-order valence-corrected chi connectivity index (χ3v) is 5.29. The van der Waals surface area contributed by atoms with Crippen LogP contribution < -0.4 is 14.7 Å². The summed E-state index contributed by atoms with van der Waals surface area (Å²) in [5.74, 6) is 0.971. The second kappa shape index (κ2) is 7.03. The van der Waals surface area contributed by atoms with Crippen molar-refractivity contribution in [3.63, 3.8) is 0 Å². The third-order valence-electron chi connectivity index (χ3n) is 5.05. The van der Waals surface area contributed by atoms with E-state index in [1.807, 2.05) is 53.2 Å². The second-order valence-corrected chi connectivity index (χ2v) is 7.09. The predicted octanol–water partition coefficient (Wildman–Crippen LogP) is 2.93. The number of hydrogen-bond donors (Lipinski definition) is 0. The van der Waals surface area contributed by atoms with Crippen LogP contribution in [0.25, 0.3) is 0 Å². The van der Waals surface area contributed by atoms with Crippen molar-refractivity contribution in [1.82, 2.24) is 9.88 Å². The molecule has 1 saturated heterocycles. The lowest BCUT2D eigenvalue weighted by molar-refractivity contribution is 0.201. The van der Waals surface area contributed by atoms with Crippen molar-refractivity contribution < 1.29 is 4.79 Å². The summed E-state index contributed by atoms with van der Waals surface area (Å²) < 4.78 is 0. The molecular formula is C19H22ClN5O. The summed E-state index contributed by atoms with van der Waals surface area (Å²) in [6.45, 7) is 4.47. The zero-order valence-electron chi connectivity index (χ0n) is 14.8. The van der Waals surface area contributed by atoms with Crippen molar-refractivity contribution in [3.05, 3.63) is 47.6 Å². The van der Waals surface area contributed by atoms with E-state index in [9.17, 15) is 4.79 Å². The molecule has 0 bridgehead atoms. The van der Waals surface area contributed by atoms with E-state index in [0.717, 1.165) is 36.8 Å². The van der Waals surface area contributed by atoms with E-state index in [4.69, 9.17) is 11.6 Å². The number of halogens is 1. The molecule has 0 N–H and O–H groups in total. The van der Waals surface area contributed by atoms with Crippen LogP contribution >= 0.6 is 11.6 Å². The van der Waals surface area contributed by atoms with Crippen LogP contribution in [0.1, 0.15) is 0 Å². The van der Waals surface area contributed by atoms with E-state index in [0.29, 0.717) is 24.7 Å². The van der Waals surface area contributed by atoms with Gasteiger partial charge in [0.05, 0.1) is 11.4 Å². The maximum absolute atomic E-state index is 13.1. The fourth-order valence-corrected chi connectivity index (χ4v) is 3.72. The number of pyridine rings is 1. The van der Waals surface area contributed by atoms with Gasteiger partial charge in [0.2, 0.25) is 0 Å². The molecule has 6 nitrogen and oxygen atoms in total. The average molecular weight is 372 g/mol. The molecule has 2 aliphatic rings. The predicted molar refractivity (Wildman–Crippen MR) is 105 cm³/mol. The van der Waals surface area contributed by atoms with E-state index < -0.39 is 0 Å². The first-order valence-corrected chi connectivity index (χ1v) is 9.24. The number of aromatic nitrogens is 1. The minimum Gasteiger partial charge on any atom is -0.371 e. The minimum absolute atomic E-state index is 0.0716. The van der Waals surface area contributed by atoms with Gasteiger partial charge >= 0.3 is 6.03 Å². The van der Waals surface area contributed by atoms with Gasteiger partial charge in [-0.25, -0.2) is 9.78 Å². The molecule has 0 spiro atoms. The maximum atomic E-state index is 13.1. The van der Waals surface area contributed by atoms with E-state index in [1.54, 1.807) is 6.20 Å². The summed E-state index contributed by atoms with van der Waals surface area (Å²) in [4.78, 5) is 25.7.